The Morgan fingerprint density at radius 2 is 0.771 bits per heavy atom. The molecule has 0 aliphatic heterocycles. The molecule has 0 fully saturated rings. The Bertz CT molecular complexity index is 1310. The van der Waals surface area contributed by atoms with Crippen LogP contribution in [-0.2, 0) is 0 Å². The summed E-state index contributed by atoms with van der Waals surface area (Å²) in [6.45, 7) is 10.5. The molecule has 1 heteroatoms. The van der Waals surface area contributed by atoms with Crippen molar-refractivity contribution in [1.82, 2.24) is 0 Å². The highest BCUT2D eigenvalue weighted by Gasteiger charge is 2.44. The second-order valence-electron chi connectivity index (χ2n) is 10.1. The Kier molecular flexibility index (Phi) is 5.83. The summed E-state index contributed by atoms with van der Waals surface area (Å²) in [7, 11) is 0. The third-order valence-electron chi connectivity index (χ3n) is 6.87. The number of benzene rings is 4. The van der Waals surface area contributed by atoms with Gasteiger partial charge in [0.2, 0.25) is 0 Å². The molecule has 0 saturated heterocycles. The first kappa shape index (κ1) is 23.1. The van der Waals surface area contributed by atoms with E-state index in [0.29, 0.717) is 0 Å². The van der Waals surface area contributed by atoms with Gasteiger partial charge < -0.3 is 5.11 Å². The average Bonchev–Trinajstić information content (AvgIpc) is 3.06. The van der Waals surface area contributed by atoms with Gasteiger partial charge in [-0.15, -0.1) is 0 Å². The number of allylic oxidation sites excluding steroid dienone is 2. The summed E-state index contributed by atoms with van der Waals surface area (Å²) in [6, 6.07) is 34.2. The van der Waals surface area contributed by atoms with Crippen molar-refractivity contribution in [3.8, 4) is 0 Å². The van der Waals surface area contributed by atoms with Gasteiger partial charge in [0.15, 0.2) is 0 Å². The summed E-state index contributed by atoms with van der Waals surface area (Å²) >= 11 is 0. The smallest absolute Gasteiger partial charge is 0.114 e. The lowest BCUT2D eigenvalue weighted by molar-refractivity contribution is 0.187. The molecule has 4 aromatic carbocycles. The SMILES string of the molecule is Cc1cc(C)cc(C2=C(c3ccccc3)C(c3ccccc3)=C(c3cc(C)cc(C)c3)C2(C)O)c1. The van der Waals surface area contributed by atoms with E-state index in [-0.39, 0.29) is 0 Å². The molecule has 4 aromatic rings. The van der Waals surface area contributed by atoms with Crippen LogP contribution in [0.1, 0.15) is 51.4 Å². The van der Waals surface area contributed by atoms with Gasteiger partial charge in [-0.1, -0.05) is 119 Å². The summed E-state index contributed by atoms with van der Waals surface area (Å²) < 4.78 is 0. The van der Waals surface area contributed by atoms with Crippen LogP contribution in [0.4, 0.5) is 0 Å². The van der Waals surface area contributed by atoms with Crippen molar-refractivity contribution in [2.45, 2.75) is 40.2 Å². The van der Waals surface area contributed by atoms with Crippen LogP contribution >= 0.6 is 0 Å². The van der Waals surface area contributed by atoms with Crippen LogP contribution in [0.25, 0.3) is 22.3 Å². The average molecular weight is 457 g/mol. The summed E-state index contributed by atoms with van der Waals surface area (Å²) in [4.78, 5) is 0. The molecule has 1 aliphatic rings. The van der Waals surface area contributed by atoms with Crippen LogP contribution in [0, 0.1) is 27.7 Å². The lowest BCUT2D eigenvalue weighted by Crippen LogP contribution is -2.26. The normalized spacial score (nSPS) is 15.1. The van der Waals surface area contributed by atoms with Crippen LogP contribution in [0.3, 0.4) is 0 Å². The standard InChI is InChI=1S/C34H32O/c1-22-16-23(2)19-28(18-22)32-30(26-12-8-6-9-13-26)31(27-14-10-7-11-15-27)33(34(32,5)35)29-20-24(3)17-25(4)21-29/h6-21,35H,1-5H3. The maximum absolute atomic E-state index is 12.5. The fraction of sp³-hybridized carbons (Fsp3) is 0.176. The second-order valence-corrected chi connectivity index (χ2v) is 10.1. The summed E-state index contributed by atoms with van der Waals surface area (Å²) in [5, 5.41) is 12.5. The van der Waals surface area contributed by atoms with E-state index in [4.69, 9.17) is 0 Å². The zero-order chi connectivity index (χ0) is 24.7. The Morgan fingerprint density at radius 3 is 1.09 bits per heavy atom. The molecule has 1 nitrogen and oxygen atoms in total. The van der Waals surface area contributed by atoms with Crippen molar-refractivity contribution in [2.24, 2.45) is 0 Å². The highest BCUT2D eigenvalue weighted by molar-refractivity contribution is 6.30. The highest BCUT2D eigenvalue weighted by Crippen LogP contribution is 2.56. The molecule has 0 atom stereocenters. The van der Waals surface area contributed by atoms with Crippen LogP contribution in [0.5, 0.6) is 0 Å². The molecule has 174 valence electrons. The van der Waals surface area contributed by atoms with Gasteiger partial charge in [0.25, 0.3) is 0 Å². The van der Waals surface area contributed by atoms with Gasteiger partial charge in [-0.2, -0.15) is 0 Å². The Hall–Kier alpha value is -3.68. The molecular weight excluding hydrogens is 424 g/mol. The maximum atomic E-state index is 12.5. The molecule has 0 saturated carbocycles. The van der Waals surface area contributed by atoms with E-state index in [0.717, 1.165) is 44.5 Å². The minimum absolute atomic E-state index is 0.962. The van der Waals surface area contributed by atoms with Crippen LogP contribution in [-0.4, -0.2) is 10.7 Å². The maximum Gasteiger partial charge on any atom is 0.114 e. The Labute approximate surface area is 209 Å². The number of aryl methyl sites for hydroxylation is 4. The third kappa shape index (κ3) is 4.17. The van der Waals surface area contributed by atoms with Crippen molar-refractivity contribution in [3.05, 3.63) is 142 Å². The monoisotopic (exact) mass is 456 g/mol. The van der Waals surface area contributed by atoms with Crippen molar-refractivity contribution < 1.29 is 5.11 Å². The van der Waals surface area contributed by atoms with Gasteiger partial charge >= 0.3 is 0 Å². The van der Waals surface area contributed by atoms with E-state index in [1.807, 2.05) is 19.1 Å². The van der Waals surface area contributed by atoms with Crippen molar-refractivity contribution in [2.75, 3.05) is 0 Å². The number of hydrogen-bond acceptors (Lipinski definition) is 1. The molecule has 0 aromatic heterocycles. The molecule has 0 amide bonds. The molecule has 1 N–H and O–H groups in total. The first-order valence-electron chi connectivity index (χ1n) is 12.3. The molecule has 0 unspecified atom stereocenters. The predicted octanol–water partition coefficient (Wildman–Crippen LogP) is 8.21. The summed E-state index contributed by atoms with van der Waals surface area (Å²) in [5.74, 6) is 0. The zero-order valence-electron chi connectivity index (χ0n) is 21.2. The van der Waals surface area contributed by atoms with E-state index < -0.39 is 5.60 Å². The molecule has 0 bridgehead atoms. The zero-order valence-corrected chi connectivity index (χ0v) is 21.2. The minimum Gasteiger partial charge on any atom is -0.381 e. The molecule has 0 radical (unpaired) electrons. The van der Waals surface area contributed by atoms with Crippen LogP contribution < -0.4 is 0 Å². The van der Waals surface area contributed by atoms with Crippen molar-refractivity contribution in [1.29, 1.82) is 0 Å². The van der Waals surface area contributed by atoms with Gasteiger partial charge in [-0.25, -0.2) is 0 Å². The minimum atomic E-state index is -1.18. The van der Waals surface area contributed by atoms with Gasteiger partial charge in [-0.05, 0) is 68.0 Å². The summed E-state index contributed by atoms with van der Waals surface area (Å²) in [5.41, 5.74) is 12.1. The summed E-state index contributed by atoms with van der Waals surface area (Å²) in [6.07, 6.45) is 0. The lowest BCUT2D eigenvalue weighted by atomic mass is 9.82. The van der Waals surface area contributed by atoms with Crippen molar-refractivity contribution in [3.63, 3.8) is 0 Å². The predicted molar refractivity (Wildman–Crippen MR) is 149 cm³/mol. The first-order valence-corrected chi connectivity index (χ1v) is 12.3. The number of aliphatic hydroxyl groups is 1. The van der Waals surface area contributed by atoms with Gasteiger partial charge in [0, 0.05) is 11.1 Å². The van der Waals surface area contributed by atoms with E-state index >= 15 is 0 Å². The molecular formula is C34H32O. The Morgan fingerprint density at radius 1 is 0.457 bits per heavy atom. The number of hydrogen-bond donors (Lipinski definition) is 1. The molecule has 0 heterocycles. The fourth-order valence-corrected chi connectivity index (χ4v) is 5.74. The molecule has 5 rings (SSSR count). The topological polar surface area (TPSA) is 20.2 Å². The molecule has 35 heavy (non-hydrogen) atoms. The van der Waals surface area contributed by atoms with Gasteiger partial charge in [0.05, 0.1) is 0 Å². The van der Waals surface area contributed by atoms with E-state index in [1.54, 1.807) is 0 Å². The largest absolute Gasteiger partial charge is 0.381 e. The second kappa shape index (κ2) is 8.83. The van der Waals surface area contributed by atoms with Gasteiger partial charge in [-0.3, -0.25) is 0 Å². The molecule has 1 aliphatic carbocycles. The van der Waals surface area contributed by atoms with Crippen molar-refractivity contribution >= 4 is 22.3 Å². The van der Waals surface area contributed by atoms with E-state index in [9.17, 15) is 5.11 Å². The fourth-order valence-electron chi connectivity index (χ4n) is 5.74. The van der Waals surface area contributed by atoms with Gasteiger partial charge in [0.1, 0.15) is 5.60 Å². The van der Waals surface area contributed by atoms with Crippen LogP contribution in [0.15, 0.2) is 97.1 Å². The quantitative estimate of drug-likeness (QED) is 0.328. The lowest BCUT2D eigenvalue weighted by Gasteiger charge is -2.28. The number of rotatable bonds is 4. The van der Waals surface area contributed by atoms with E-state index in [1.165, 1.54) is 22.3 Å². The third-order valence-corrected chi connectivity index (χ3v) is 6.87. The van der Waals surface area contributed by atoms with Crippen LogP contribution in [0.2, 0.25) is 0 Å². The first-order chi connectivity index (χ1) is 16.8. The molecule has 0 spiro atoms. The van der Waals surface area contributed by atoms with E-state index in [2.05, 4.69) is 113 Å². The highest BCUT2D eigenvalue weighted by atomic mass is 16.3. The Balaban J connectivity index is 1.94.